The van der Waals surface area contributed by atoms with E-state index in [-0.39, 0.29) is 11.1 Å². The minimum Gasteiger partial charge on any atom is -0.366 e. The molecule has 1 aromatic carbocycles. The van der Waals surface area contributed by atoms with E-state index in [4.69, 9.17) is 11.0 Å². The molecule has 9 heteroatoms. The average molecular weight is 336 g/mol. The fourth-order valence-corrected chi connectivity index (χ4v) is 2.34. The van der Waals surface area contributed by atoms with Crippen LogP contribution in [0.2, 0.25) is 0 Å². The van der Waals surface area contributed by atoms with E-state index in [2.05, 4.69) is 5.32 Å². The van der Waals surface area contributed by atoms with Gasteiger partial charge < -0.3 is 16.0 Å². The fraction of sp³-hybridized carbons (Fsp3) is 0.333. The molecule has 0 saturated carbocycles. The number of hydrogen-bond acceptors (Lipinski definition) is 4. The Bertz CT molecular complexity index is 712. The quantitative estimate of drug-likeness (QED) is 0.821. The minimum absolute atomic E-state index is 0.177. The van der Waals surface area contributed by atoms with Crippen molar-refractivity contribution in [2.24, 2.45) is 5.73 Å². The van der Waals surface area contributed by atoms with Crippen molar-refractivity contribution in [3.63, 3.8) is 0 Å². The maximum atomic E-state index is 13.3. The summed E-state index contributed by atoms with van der Waals surface area (Å²) in [4.78, 5) is 35.6. The Labute approximate surface area is 136 Å². The van der Waals surface area contributed by atoms with Crippen LogP contribution >= 0.6 is 0 Å². The molecule has 1 saturated heterocycles. The number of hydrogen-bond donors (Lipinski definition) is 2. The second-order valence-corrected chi connectivity index (χ2v) is 5.35. The van der Waals surface area contributed by atoms with E-state index in [1.807, 2.05) is 0 Å². The molecule has 1 heterocycles. The predicted molar refractivity (Wildman–Crippen MR) is 78.0 cm³/mol. The number of amides is 3. The van der Waals surface area contributed by atoms with E-state index in [1.165, 1.54) is 24.3 Å². The predicted octanol–water partition coefficient (Wildman–Crippen LogP) is 0.275. The third-order valence-electron chi connectivity index (χ3n) is 3.57. The van der Waals surface area contributed by atoms with Crippen LogP contribution < -0.4 is 11.1 Å². The van der Waals surface area contributed by atoms with Crippen molar-refractivity contribution in [3.05, 3.63) is 35.4 Å². The van der Waals surface area contributed by atoms with Gasteiger partial charge in [-0.2, -0.15) is 5.26 Å². The molecular formula is C15H14F2N4O3. The van der Waals surface area contributed by atoms with Gasteiger partial charge in [-0.15, -0.1) is 0 Å². The number of primary amides is 1. The first-order valence-corrected chi connectivity index (χ1v) is 6.98. The summed E-state index contributed by atoms with van der Waals surface area (Å²) >= 11 is 0. The van der Waals surface area contributed by atoms with E-state index >= 15 is 0 Å². The van der Waals surface area contributed by atoms with Gasteiger partial charge in [0.15, 0.2) is 0 Å². The zero-order chi connectivity index (χ0) is 17.9. The summed E-state index contributed by atoms with van der Waals surface area (Å²) in [6.45, 7) is -1.35. The standard InChI is InChI=1S/C15H14F2N4O3/c16-15(17)5-11(6-18)21(8-15)12(22)7-20-14(24)10-3-1-9(2-4-10)13(19)23/h1-4,11H,5,7-8H2,(H2,19,23)(H,20,24)/t11-/m0/s1. The van der Waals surface area contributed by atoms with E-state index in [0.717, 1.165) is 4.90 Å². The molecule has 2 rings (SSSR count). The summed E-state index contributed by atoms with van der Waals surface area (Å²) in [6.07, 6.45) is -0.711. The molecule has 0 spiro atoms. The van der Waals surface area contributed by atoms with E-state index in [9.17, 15) is 23.2 Å². The number of nitriles is 1. The van der Waals surface area contributed by atoms with Crippen LogP contribution in [0, 0.1) is 11.3 Å². The lowest BCUT2D eigenvalue weighted by molar-refractivity contribution is -0.131. The zero-order valence-corrected chi connectivity index (χ0v) is 12.5. The smallest absolute Gasteiger partial charge is 0.268 e. The largest absolute Gasteiger partial charge is 0.366 e. The number of nitrogens with zero attached hydrogens (tertiary/aromatic N) is 2. The van der Waals surface area contributed by atoms with Crippen molar-refractivity contribution in [2.75, 3.05) is 13.1 Å². The maximum Gasteiger partial charge on any atom is 0.268 e. The van der Waals surface area contributed by atoms with Crippen molar-refractivity contribution in [3.8, 4) is 6.07 Å². The van der Waals surface area contributed by atoms with Crippen LogP contribution in [0.3, 0.4) is 0 Å². The van der Waals surface area contributed by atoms with Crippen LogP contribution in [0.5, 0.6) is 0 Å². The normalized spacial score (nSPS) is 18.7. The first-order valence-electron chi connectivity index (χ1n) is 6.98. The topological polar surface area (TPSA) is 116 Å². The molecular weight excluding hydrogens is 322 g/mol. The molecule has 0 aliphatic carbocycles. The van der Waals surface area contributed by atoms with Gasteiger partial charge in [0.2, 0.25) is 11.8 Å². The average Bonchev–Trinajstić information content (AvgIpc) is 2.87. The number of nitrogens with two attached hydrogens (primary N) is 1. The molecule has 0 aromatic heterocycles. The SMILES string of the molecule is N#C[C@@H]1CC(F)(F)CN1C(=O)CNC(=O)c1ccc(C(N)=O)cc1. The molecule has 0 radical (unpaired) electrons. The Morgan fingerprint density at radius 3 is 2.42 bits per heavy atom. The van der Waals surface area contributed by atoms with Crippen LogP contribution in [0.1, 0.15) is 27.1 Å². The van der Waals surface area contributed by atoms with Gasteiger partial charge in [-0.1, -0.05) is 0 Å². The van der Waals surface area contributed by atoms with Crippen molar-refractivity contribution in [2.45, 2.75) is 18.4 Å². The van der Waals surface area contributed by atoms with Crippen molar-refractivity contribution in [1.29, 1.82) is 5.26 Å². The highest BCUT2D eigenvalue weighted by Gasteiger charge is 2.47. The number of likely N-dealkylation sites (tertiary alicyclic amines) is 1. The van der Waals surface area contributed by atoms with Gasteiger partial charge >= 0.3 is 0 Å². The highest BCUT2D eigenvalue weighted by molar-refractivity contribution is 5.98. The van der Waals surface area contributed by atoms with Crippen molar-refractivity contribution < 1.29 is 23.2 Å². The Balaban J connectivity index is 1.95. The molecule has 126 valence electrons. The van der Waals surface area contributed by atoms with Crippen molar-refractivity contribution in [1.82, 2.24) is 10.2 Å². The summed E-state index contributed by atoms with van der Waals surface area (Å²) < 4.78 is 26.6. The molecule has 1 fully saturated rings. The number of carbonyl (C=O) groups excluding carboxylic acids is 3. The lowest BCUT2D eigenvalue weighted by Gasteiger charge is -2.19. The minimum atomic E-state index is -3.11. The number of rotatable bonds is 4. The van der Waals surface area contributed by atoms with E-state index < -0.39 is 49.2 Å². The number of carbonyl (C=O) groups is 3. The number of halogens is 2. The van der Waals surface area contributed by atoms with Crippen LogP contribution in [-0.4, -0.2) is 47.7 Å². The van der Waals surface area contributed by atoms with E-state index in [0.29, 0.717) is 0 Å². The van der Waals surface area contributed by atoms with Crippen LogP contribution in [0.25, 0.3) is 0 Å². The molecule has 7 nitrogen and oxygen atoms in total. The second kappa shape index (κ2) is 6.62. The zero-order valence-electron chi connectivity index (χ0n) is 12.5. The first-order chi connectivity index (χ1) is 11.2. The maximum absolute atomic E-state index is 13.3. The number of benzene rings is 1. The summed E-state index contributed by atoms with van der Waals surface area (Å²) in [6, 6.07) is 5.85. The van der Waals surface area contributed by atoms with Gasteiger partial charge in [0.1, 0.15) is 6.04 Å². The lowest BCUT2D eigenvalue weighted by atomic mass is 10.1. The summed E-state index contributed by atoms with van der Waals surface area (Å²) in [5, 5.41) is 11.1. The van der Waals surface area contributed by atoms with Crippen molar-refractivity contribution >= 4 is 17.7 Å². The first kappa shape index (κ1) is 17.3. The van der Waals surface area contributed by atoms with Gasteiger partial charge in [0.25, 0.3) is 11.8 Å². The lowest BCUT2D eigenvalue weighted by Crippen LogP contribution is -2.42. The van der Waals surface area contributed by atoms with Gasteiger partial charge in [-0.3, -0.25) is 14.4 Å². The molecule has 0 unspecified atom stereocenters. The molecule has 1 atom stereocenters. The fourth-order valence-electron chi connectivity index (χ4n) is 2.34. The van der Waals surface area contributed by atoms with Gasteiger partial charge in [0, 0.05) is 17.5 Å². The molecule has 1 aromatic rings. The Kier molecular flexibility index (Phi) is 4.78. The Morgan fingerprint density at radius 2 is 1.88 bits per heavy atom. The molecule has 1 aliphatic heterocycles. The van der Waals surface area contributed by atoms with Gasteiger partial charge in [-0.25, -0.2) is 8.78 Å². The second-order valence-electron chi connectivity index (χ2n) is 5.35. The monoisotopic (exact) mass is 336 g/mol. The van der Waals surface area contributed by atoms with Gasteiger partial charge in [0.05, 0.1) is 19.2 Å². The summed E-state index contributed by atoms with van der Waals surface area (Å²) in [7, 11) is 0. The van der Waals surface area contributed by atoms with E-state index in [1.54, 1.807) is 6.07 Å². The molecule has 1 aliphatic rings. The molecule has 24 heavy (non-hydrogen) atoms. The Hall–Kier alpha value is -3.02. The highest BCUT2D eigenvalue weighted by Crippen LogP contribution is 2.31. The highest BCUT2D eigenvalue weighted by atomic mass is 19.3. The summed E-state index contributed by atoms with van der Waals surface area (Å²) in [5.74, 6) is -5.13. The third-order valence-corrected chi connectivity index (χ3v) is 3.57. The van der Waals surface area contributed by atoms with Crippen LogP contribution in [0.4, 0.5) is 8.78 Å². The van der Waals surface area contributed by atoms with Crippen LogP contribution in [0.15, 0.2) is 24.3 Å². The molecule has 3 N–H and O–H groups in total. The van der Waals surface area contributed by atoms with Crippen LogP contribution in [-0.2, 0) is 4.79 Å². The number of alkyl halides is 2. The van der Waals surface area contributed by atoms with Gasteiger partial charge in [-0.05, 0) is 24.3 Å². The molecule has 0 bridgehead atoms. The Morgan fingerprint density at radius 1 is 1.29 bits per heavy atom. The summed E-state index contributed by atoms with van der Waals surface area (Å²) in [5.41, 5.74) is 5.48. The molecule has 3 amide bonds. The third kappa shape index (κ3) is 3.84. The number of nitrogens with one attached hydrogen (secondary N) is 1.